The molecule has 2 rings (SSSR count). The third kappa shape index (κ3) is 3.99. The zero-order valence-electron chi connectivity index (χ0n) is 10.9. The predicted molar refractivity (Wildman–Crippen MR) is 73.1 cm³/mol. The van der Waals surface area contributed by atoms with Gasteiger partial charge < -0.3 is 19.6 Å². The van der Waals surface area contributed by atoms with Crippen LogP contribution in [0.15, 0.2) is 18.2 Å². The molecular formula is C11H16FNO6P2. The highest BCUT2D eigenvalue weighted by molar-refractivity contribution is 7.70. The molecule has 0 radical (unpaired) electrons. The molecule has 0 bridgehead atoms. The molecule has 1 aromatic carbocycles. The molecule has 0 spiro atoms. The number of fused-ring (bicyclic) bond motifs is 1. The van der Waals surface area contributed by atoms with E-state index in [1.54, 1.807) is 0 Å². The van der Waals surface area contributed by atoms with Gasteiger partial charge in [0.1, 0.15) is 5.82 Å². The number of rotatable bonds is 4. The van der Waals surface area contributed by atoms with Crippen LogP contribution in [0.3, 0.4) is 0 Å². The molecule has 0 fully saturated rings. The SMILES string of the molecule is O=P(O)(O)C(NC1CCCc2cc(F)ccc21)P(=O)(O)O. The minimum absolute atomic E-state index is 0.420. The van der Waals surface area contributed by atoms with E-state index < -0.39 is 32.6 Å². The molecule has 0 heterocycles. The molecule has 21 heavy (non-hydrogen) atoms. The molecule has 0 saturated carbocycles. The molecule has 0 amide bonds. The van der Waals surface area contributed by atoms with Crippen LogP contribution in [-0.4, -0.2) is 25.1 Å². The highest BCUT2D eigenvalue weighted by atomic mass is 31.2. The molecule has 1 unspecified atom stereocenters. The number of nitrogens with one attached hydrogen (secondary N) is 1. The van der Waals surface area contributed by atoms with Gasteiger partial charge in [0.25, 0.3) is 0 Å². The second kappa shape index (κ2) is 5.89. The van der Waals surface area contributed by atoms with Crippen LogP contribution in [0.5, 0.6) is 0 Å². The van der Waals surface area contributed by atoms with Crippen molar-refractivity contribution in [2.75, 3.05) is 0 Å². The van der Waals surface area contributed by atoms with Crippen LogP contribution in [0.25, 0.3) is 0 Å². The smallest absolute Gasteiger partial charge is 0.323 e. The van der Waals surface area contributed by atoms with E-state index in [0.717, 1.165) is 0 Å². The van der Waals surface area contributed by atoms with Gasteiger partial charge in [-0.05, 0) is 42.5 Å². The van der Waals surface area contributed by atoms with E-state index in [1.807, 2.05) is 0 Å². The number of benzene rings is 1. The molecule has 0 saturated heterocycles. The Bertz CT molecular complexity index is 605. The van der Waals surface area contributed by atoms with Gasteiger partial charge in [0, 0.05) is 6.04 Å². The summed E-state index contributed by atoms with van der Waals surface area (Å²) in [4.78, 5) is 36.5. The lowest BCUT2D eigenvalue weighted by Gasteiger charge is -2.31. The quantitative estimate of drug-likeness (QED) is 0.525. The fourth-order valence-corrected chi connectivity index (χ4v) is 4.84. The van der Waals surface area contributed by atoms with Gasteiger partial charge in [-0.2, -0.15) is 0 Å². The Balaban J connectivity index is 2.32. The first kappa shape index (κ1) is 16.8. The first-order chi connectivity index (χ1) is 9.59. The topological polar surface area (TPSA) is 127 Å². The fraction of sp³-hybridized carbons (Fsp3) is 0.455. The lowest BCUT2D eigenvalue weighted by atomic mass is 9.88. The van der Waals surface area contributed by atoms with Crippen LogP contribution in [0.4, 0.5) is 4.39 Å². The van der Waals surface area contributed by atoms with E-state index in [1.165, 1.54) is 18.2 Å². The largest absolute Gasteiger partial charge is 0.354 e. The summed E-state index contributed by atoms with van der Waals surface area (Å²) in [5, 5.41) is 2.36. The van der Waals surface area contributed by atoms with Gasteiger partial charge in [-0.15, -0.1) is 0 Å². The third-order valence-electron chi connectivity index (χ3n) is 3.41. The Hall–Kier alpha value is -0.590. The normalized spacial score (nSPS) is 19.6. The van der Waals surface area contributed by atoms with Gasteiger partial charge in [-0.1, -0.05) is 6.07 Å². The van der Waals surface area contributed by atoms with Gasteiger partial charge >= 0.3 is 15.2 Å². The summed E-state index contributed by atoms with van der Waals surface area (Å²) in [6.07, 6.45) is 1.69. The zero-order valence-corrected chi connectivity index (χ0v) is 12.7. The fourth-order valence-electron chi connectivity index (χ4n) is 2.53. The molecule has 1 aliphatic rings. The molecule has 118 valence electrons. The van der Waals surface area contributed by atoms with Crippen molar-refractivity contribution in [3.63, 3.8) is 0 Å². The highest BCUT2D eigenvalue weighted by Crippen LogP contribution is 2.59. The maximum atomic E-state index is 13.2. The van der Waals surface area contributed by atoms with E-state index in [9.17, 15) is 13.5 Å². The Labute approximate surface area is 120 Å². The van der Waals surface area contributed by atoms with Crippen LogP contribution < -0.4 is 5.32 Å². The van der Waals surface area contributed by atoms with E-state index in [4.69, 9.17) is 19.6 Å². The predicted octanol–water partition coefficient (Wildman–Crippen LogP) is 1.43. The molecule has 5 N–H and O–H groups in total. The first-order valence-electron chi connectivity index (χ1n) is 6.24. The molecule has 7 nitrogen and oxygen atoms in total. The summed E-state index contributed by atoms with van der Waals surface area (Å²) >= 11 is 0. The molecule has 1 atom stereocenters. The molecule has 10 heteroatoms. The van der Waals surface area contributed by atoms with Crippen molar-refractivity contribution in [2.45, 2.75) is 30.8 Å². The number of hydrogen-bond donors (Lipinski definition) is 5. The Morgan fingerprint density at radius 1 is 1.19 bits per heavy atom. The highest BCUT2D eigenvalue weighted by Gasteiger charge is 2.45. The lowest BCUT2D eigenvalue weighted by molar-refractivity contribution is 0.315. The van der Waals surface area contributed by atoms with Crippen molar-refractivity contribution < 1.29 is 33.1 Å². The van der Waals surface area contributed by atoms with Crippen LogP contribution >= 0.6 is 15.2 Å². The summed E-state index contributed by atoms with van der Waals surface area (Å²) in [6, 6.07) is 3.37. The van der Waals surface area contributed by atoms with Gasteiger partial charge in [0.05, 0.1) is 0 Å². The molecule has 1 aromatic rings. The van der Waals surface area contributed by atoms with Crippen LogP contribution in [0.1, 0.15) is 30.0 Å². The Morgan fingerprint density at radius 2 is 1.81 bits per heavy atom. The molecule has 0 aliphatic heterocycles. The third-order valence-corrected chi connectivity index (χ3v) is 6.78. The second-order valence-electron chi connectivity index (χ2n) is 5.01. The van der Waals surface area contributed by atoms with Gasteiger partial charge in [0.15, 0.2) is 0 Å². The minimum Gasteiger partial charge on any atom is -0.323 e. The average Bonchev–Trinajstić information content (AvgIpc) is 2.32. The summed E-state index contributed by atoms with van der Waals surface area (Å²) in [5.41, 5.74) is -0.977. The Kier molecular flexibility index (Phi) is 4.71. The molecular weight excluding hydrogens is 323 g/mol. The van der Waals surface area contributed by atoms with Crippen molar-refractivity contribution in [3.05, 3.63) is 35.1 Å². The first-order valence-corrected chi connectivity index (χ1v) is 9.60. The number of hydrogen-bond acceptors (Lipinski definition) is 3. The van der Waals surface area contributed by atoms with Crippen molar-refractivity contribution in [1.82, 2.24) is 5.32 Å². The van der Waals surface area contributed by atoms with Crippen LogP contribution in [0.2, 0.25) is 0 Å². The van der Waals surface area contributed by atoms with Gasteiger partial charge in [-0.3, -0.25) is 14.4 Å². The zero-order chi connectivity index (χ0) is 15.8. The van der Waals surface area contributed by atoms with Crippen LogP contribution in [0, 0.1) is 5.82 Å². The van der Waals surface area contributed by atoms with Crippen molar-refractivity contribution in [1.29, 1.82) is 0 Å². The molecule has 0 aromatic heterocycles. The maximum Gasteiger partial charge on any atom is 0.354 e. The number of halogens is 1. The summed E-state index contributed by atoms with van der Waals surface area (Å²) in [7, 11) is -10.1. The maximum absolute atomic E-state index is 13.2. The van der Waals surface area contributed by atoms with E-state index in [0.29, 0.717) is 30.4 Å². The summed E-state index contributed by atoms with van der Waals surface area (Å²) < 4.78 is 35.8. The number of aryl methyl sites for hydroxylation is 1. The summed E-state index contributed by atoms with van der Waals surface area (Å²) in [6.45, 7) is 0. The second-order valence-corrected chi connectivity index (χ2v) is 8.80. The van der Waals surface area contributed by atoms with E-state index in [2.05, 4.69) is 5.32 Å². The van der Waals surface area contributed by atoms with Gasteiger partial charge in [-0.25, -0.2) is 4.39 Å². The summed E-state index contributed by atoms with van der Waals surface area (Å²) in [5.74, 6) is -0.420. The van der Waals surface area contributed by atoms with Crippen molar-refractivity contribution in [2.24, 2.45) is 0 Å². The molecule has 1 aliphatic carbocycles. The van der Waals surface area contributed by atoms with Crippen molar-refractivity contribution in [3.8, 4) is 0 Å². The van der Waals surface area contributed by atoms with Crippen molar-refractivity contribution >= 4 is 15.2 Å². The minimum atomic E-state index is -5.03. The Morgan fingerprint density at radius 3 is 2.38 bits per heavy atom. The monoisotopic (exact) mass is 339 g/mol. The van der Waals surface area contributed by atoms with Gasteiger partial charge in [0.2, 0.25) is 5.52 Å². The lowest BCUT2D eigenvalue weighted by Crippen LogP contribution is -2.34. The van der Waals surface area contributed by atoms with Crippen LogP contribution in [-0.2, 0) is 15.6 Å². The van der Waals surface area contributed by atoms with E-state index in [-0.39, 0.29) is 0 Å². The standard InChI is InChI=1S/C11H16FNO6P2/c12-8-4-5-9-7(6-8)2-1-3-10(9)13-11(20(14,15)16)21(17,18)19/h4-6,10-11,13H,1-3H2,(H2,14,15,16)(H2,17,18,19). The average molecular weight is 339 g/mol. The van der Waals surface area contributed by atoms with E-state index >= 15 is 0 Å².